The highest BCUT2D eigenvalue weighted by Crippen LogP contribution is 2.27. The summed E-state index contributed by atoms with van der Waals surface area (Å²) in [4.78, 5) is 38.1. The lowest BCUT2D eigenvalue weighted by atomic mass is 10.1. The molecule has 6 nitrogen and oxygen atoms in total. The van der Waals surface area contributed by atoms with E-state index in [-0.39, 0.29) is 18.9 Å². The summed E-state index contributed by atoms with van der Waals surface area (Å²) in [5.41, 5.74) is 2.21. The molecule has 1 fully saturated rings. The van der Waals surface area contributed by atoms with Gasteiger partial charge in [0.25, 0.3) is 5.91 Å². The molecule has 0 saturated carbocycles. The summed E-state index contributed by atoms with van der Waals surface area (Å²) < 4.78 is 6.02. The second-order valence-electron chi connectivity index (χ2n) is 6.50. The first-order valence-corrected chi connectivity index (χ1v) is 9.79. The normalized spacial score (nSPS) is 16.2. The lowest BCUT2D eigenvalue weighted by molar-refractivity contribution is -0.151. The number of aryl methyl sites for hydroxylation is 1. The molecule has 1 saturated heterocycles. The van der Waals surface area contributed by atoms with Gasteiger partial charge in [0.15, 0.2) is 6.61 Å². The van der Waals surface area contributed by atoms with Crippen LogP contribution in [0.1, 0.15) is 12.0 Å². The third-order valence-corrected chi connectivity index (χ3v) is 5.15. The number of carbonyl (C=O) groups excluding carboxylic acids is 3. The fourth-order valence-corrected chi connectivity index (χ4v) is 3.55. The summed E-state index contributed by atoms with van der Waals surface area (Å²) in [5, 5.41) is 3.27. The smallest absolute Gasteiger partial charge is 0.311 e. The van der Waals surface area contributed by atoms with Crippen LogP contribution in [-0.4, -0.2) is 30.9 Å². The Bertz CT molecular complexity index is 917. The predicted molar refractivity (Wildman–Crippen MR) is 110 cm³/mol. The van der Waals surface area contributed by atoms with Gasteiger partial charge in [-0.05, 0) is 55.0 Å². The number of esters is 1. The molecule has 1 aliphatic rings. The van der Waals surface area contributed by atoms with Crippen LogP contribution in [0.5, 0.6) is 0 Å². The number of hydrogen-bond donors (Lipinski definition) is 1. The zero-order chi connectivity index (χ0) is 20.3. The van der Waals surface area contributed by atoms with Crippen molar-refractivity contribution in [3.8, 4) is 0 Å². The van der Waals surface area contributed by atoms with E-state index >= 15 is 0 Å². The van der Waals surface area contributed by atoms with Crippen molar-refractivity contribution in [2.45, 2.75) is 13.3 Å². The van der Waals surface area contributed by atoms with E-state index in [2.05, 4.69) is 21.2 Å². The van der Waals surface area contributed by atoms with Crippen molar-refractivity contribution in [1.29, 1.82) is 0 Å². The maximum absolute atomic E-state index is 12.3. The minimum atomic E-state index is -0.606. The van der Waals surface area contributed by atoms with Gasteiger partial charge in [0.2, 0.25) is 5.91 Å². The van der Waals surface area contributed by atoms with Crippen molar-refractivity contribution in [1.82, 2.24) is 0 Å². The molecule has 1 N–H and O–H groups in total. The van der Waals surface area contributed by atoms with Gasteiger partial charge in [-0.2, -0.15) is 0 Å². The largest absolute Gasteiger partial charge is 0.455 e. The Labute approximate surface area is 175 Å². The molecule has 3 rings (SSSR count). The highest BCUT2D eigenvalue weighted by Gasteiger charge is 2.36. The lowest BCUT2D eigenvalue weighted by Crippen LogP contribution is -2.28. The van der Waals surface area contributed by atoms with Crippen molar-refractivity contribution in [3.63, 3.8) is 0 Å². The number of halogens is 2. The van der Waals surface area contributed by atoms with E-state index in [0.29, 0.717) is 16.4 Å². The monoisotopic (exact) mass is 464 g/mol. The summed E-state index contributed by atoms with van der Waals surface area (Å²) >= 11 is 9.22. The molecule has 0 aromatic heterocycles. The summed E-state index contributed by atoms with van der Waals surface area (Å²) in [7, 11) is 0. The minimum Gasteiger partial charge on any atom is -0.455 e. The van der Waals surface area contributed by atoms with Gasteiger partial charge in [-0.15, -0.1) is 0 Å². The average Bonchev–Trinajstić information content (AvgIpc) is 3.04. The topological polar surface area (TPSA) is 75.7 Å². The number of anilines is 2. The summed E-state index contributed by atoms with van der Waals surface area (Å²) in [6.45, 7) is 1.68. The molecular formula is C20H18BrClN2O4. The first kappa shape index (κ1) is 20.4. The molecule has 0 spiro atoms. The molecule has 1 atom stereocenters. The lowest BCUT2D eigenvalue weighted by Gasteiger charge is -2.16. The average molecular weight is 466 g/mol. The van der Waals surface area contributed by atoms with Crippen molar-refractivity contribution < 1.29 is 19.1 Å². The number of carbonyl (C=O) groups is 3. The fourth-order valence-electron chi connectivity index (χ4n) is 2.94. The Balaban J connectivity index is 1.53. The van der Waals surface area contributed by atoms with Gasteiger partial charge in [0.05, 0.1) is 5.92 Å². The number of amides is 2. The van der Waals surface area contributed by atoms with Crippen molar-refractivity contribution in [2.24, 2.45) is 5.92 Å². The quantitative estimate of drug-likeness (QED) is 0.679. The van der Waals surface area contributed by atoms with Crippen molar-refractivity contribution in [2.75, 3.05) is 23.4 Å². The van der Waals surface area contributed by atoms with E-state index in [0.717, 1.165) is 10.0 Å². The van der Waals surface area contributed by atoms with Crippen LogP contribution in [0.15, 0.2) is 46.9 Å². The summed E-state index contributed by atoms with van der Waals surface area (Å²) in [5.74, 6) is -1.77. The Morgan fingerprint density at radius 3 is 2.64 bits per heavy atom. The van der Waals surface area contributed by atoms with Gasteiger partial charge >= 0.3 is 5.97 Å². The number of nitrogens with one attached hydrogen (secondary N) is 1. The number of hydrogen-bond acceptors (Lipinski definition) is 4. The van der Waals surface area contributed by atoms with Gasteiger partial charge in [-0.3, -0.25) is 14.4 Å². The zero-order valence-corrected chi connectivity index (χ0v) is 17.4. The third kappa shape index (κ3) is 4.91. The first-order valence-electron chi connectivity index (χ1n) is 8.62. The van der Waals surface area contributed by atoms with E-state index in [1.165, 1.54) is 4.90 Å². The molecule has 2 amide bonds. The van der Waals surface area contributed by atoms with Crippen LogP contribution in [0.25, 0.3) is 0 Å². The van der Waals surface area contributed by atoms with Crippen LogP contribution in [0.4, 0.5) is 11.4 Å². The van der Waals surface area contributed by atoms with E-state index in [1.807, 2.05) is 19.1 Å². The zero-order valence-electron chi connectivity index (χ0n) is 15.1. The highest BCUT2D eigenvalue weighted by molar-refractivity contribution is 9.10. The van der Waals surface area contributed by atoms with Crippen LogP contribution in [0.2, 0.25) is 5.02 Å². The van der Waals surface area contributed by atoms with Crippen molar-refractivity contribution in [3.05, 3.63) is 57.5 Å². The molecule has 8 heteroatoms. The Hall–Kier alpha value is -2.38. The fraction of sp³-hybridized carbons (Fsp3) is 0.250. The molecular weight excluding hydrogens is 448 g/mol. The number of benzene rings is 2. The molecule has 1 aliphatic heterocycles. The van der Waals surface area contributed by atoms with Crippen LogP contribution < -0.4 is 10.2 Å². The molecule has 0 radical (unpaired) electrons. The minimum absolute atomic E-state index is 0.0505. The van der Waals surface area contributed by atoms with E-state index in [4.69, 9.17) is 16.3 Å². The summed E-state index contributed by atoms with van der Waals surface area (Å²) in [6, 6.07) is 12.3. The van der Waals surface area contributed by atoms with Crippen molar-refractivity contribution >= 4 is 56.7 Å². The Kier molecular flexibility index (Phi) is 6.36. The number of ether oxygens (including phenoxy) is 1. The second-order valence-corrected chi connectivity index (χ2v) is 7.85. The highest BCUT2D eigenvalue weighted by atomic mass is 79.9. The molecule has 146 valence electrons. The number of nitrogens with zero attached hydrogens (tertiary/aromatic N) is 1. The molecule has 2 aromatic carbocycles. The van der Waals surface area contributed by atoms with Crippen LogP contribution in [0.3, 0.4) is 0 Å². The van der Waals surface area contributed by atoms with E-state index in [1.54, 1.807) is 30.3 Å². The maximum atomic E-state index is 12.3. The molecule has 1 unspecified atom stereocenters. The number of rotatable bonds is 5. The van der Waals surface area contributed by atoms with Gasteiger partial charge in [-0.25, -0.2) is 0 Å². The van der Waals surface area contributed by atoms with Gasteiger partial charge < -0.3 is 15.0 Å². The van der Waals surface area contributed by atoms with Gasteiger partial charge in [-0.1, -0.05) is 27.5 Å². The molecule has 0 bridgehead atoms. The molecule has 28 heavy (non-hydrogen) atoms. The van der Waals surface area contributed by atoms with Gasteiger partial charge in [0.1, 0.15) is 0 Å². The standard InChI is InChI=1S/C20H18BrClN2O4/c1-12-8-14(21)2-7-17(12)23-18(25)11-28-20(27)13-9-19(26)24(10-13)16-5-3-15(22)4-6-16/h2-8,13H,9-11H2,1H3,(H,23,25). The van der Waals surface area contributed by atoms with Crippen LogP contribution >= 0.6 is 27.5 Å². The third-order valence-electron chi connectivity index (χ3n) is 4.40. The molecule has 1 heterocycles. The second kappa shape index (κ2) is 8.75. The predicted octanol–water partition coefficient (Wildman–Crippen LogP) is 3.95. The Morgan fingerprint density at radius 2 is 1.96 bits per heavy atom. The summed E-state index contributed by atoms with van der Waals surface area (Å²) in [6.07, 6.45) is 0.0505. The van der Waals surface area contributed by atoms with E-state index < -0.39 is 24.4 Å². The van der Waals surface area contributed by atoms with Crippen LogP contribution in [-0.2, 0) is 19.1 Å². The van der Waals surface area contributed by atoms with Crippen LogP contribution in [0, 0.1) is 12.8 Å². The maximum Gasteiger partial charge on any atom is 0.311 e. The SMILES string of the molecule is Cc1cc(Br)ccc1NC(=O)COC(=O)C1CC(=O)N(c2ccc(Cl)cc2)C1. The van der Waals surface area contributed by atoms with Gasteiger partial charge in [0, 0.05) is 33.8 Å². The first-order chi connectivity index (χ1) is 13.3. The Morgan fingerprint density at radius 1 is 1.25 bits per heavy atom. The molecule has 0 aliphatic carbocycles. The molecule has 2 aromatic rings. The van der Waals surface area contributed by atoms with E-state index in [9.17, 15) is 14.4 Å².